The summed E-state index contributed by atoms with van der Waals surface area (Å²) in [4.78, 5) is 0. The molecule has 2 atom stereocenters. The summed E-state index contributed by atoms with van der Waals surface area (Å²) in [5.74, 6) is 3.56. The molecule has 0 heterocycles. The van der Waals surface area contributed by atoms with Crippen LogP contribution in [0.5, 0.6) is 0 Å². The summed E-state index contributed by atoms with van der Waals surface area (Å²) >= 11 is 0. The quantitative estimate of drug-likeness (QED) is 0.822. The van der Waals surface area contributed by atoms with Crippen molar-refractivity contribution in [3.63, 3.8) is 0 Å². The average Bonchev–Trinajstić information content (AvgIpc) is 2.49. The molecular formula is C20H31N. The van der Waals surface area contributed by atoms with Gasteiger partial charge in [-0.15, -0.1) is 0 Å². The summed E-state index contributed by atoms with van der Waals surface area (Å²) in [5.41, 5.74) is 3.20. The number of fused-ring (bicyclic) bond motifs is 1. The maximum atomic E-state index is 3.65. The lowest BCUT2D eigenvalue weighted by molar-refractivity contribution is 0.182. The van der Waals surface area contributed by atoms with Crippen molar-refractivity contribution in [3.05, 3.63) is 35.4 Å². The zero-order valence-electron chi connectivity index (χ0n) is 13.9. The molecule has 0 amide bonds. The van der Waals surface area contributed by atoms with Crippen LogP contribution in [0, 0.1) is 17.8 Å². The lowest BCUT2D eigenvalue weighted by Gasteiger charge is -2.39. The maximum absolute atomic E-state index is 3.65. The standard InChI is InChI=1S/C20H31N/c1-14(2)15-8-10-16(11-9-15)20(21-3)13-18-12-17-6-4-5-7-19(17)18/h4-7,14-16,18,20-21H,8-13H2,1-3H3. The Balaban J connectivity index is 1.55. The molecule has 0 aliphatic heterocycles. The molecule has 0 radical (unpaired) electrons. The summed E-state index contributed by atoms with van der Waals surface area (Å²) in [6.07, 6.45) is 8.40. The number of hydrogen-bond donors (Lipinski definition) is 1. The normalized spacial score (nSPS) is 29.8. The van der Waals surface area contributed by atoms with Gasteiger partial charge in [0, 0.05) is 6.04 Å². The Hall–Kier alpha value is -0.820. The zero-order valence-corrected chi connectivity index (χ0v) is 13.9. The van der Waals surface area contributed by atoms with Crippen LogP contribution in [0.2, 0.25) is 0 Å². The van der Waals surface area contributed by atoms with E-state index in [1.165, 1.54) is 38.5 Å². The van der Waals surface area contributed by atoms with E-state index in [2.05, 4.69) is 50.5 Å². The van der Waals surface area contributed by atoms with Crippen molar-refractivity contribution in [1.82, 2.24) is 5.32 Å². The molecule has 2 aliphatic carbocycles. The van der Waals surface area contributed by atoms with Crippen molar-refractivity contribution in [1.29, 1.82) is 0 Å². The highest BCUT2D eigenvalue weighted by Crippen LogP contribution is 2.41. The first-order chi connectivity index (χ1) is 10.2. The van der Waals surface area contributed by atoms with Crippen molar-refractivity contribution < 1.29 is 0 Å². The Labute approximate surface area is 130 Å². The van der Waals surface area contributed by atoms with Crippen molar-refractivity contribution in [2.24, 2.45) is 17.8 Å². The molecule has 1 saturated carbocycles. The molecule has 1 fully saturated rings. The van der Waals surface area contributed by atoms with Gasteiger partial charge in [0.05, 0.1) is 0 Å². The number of hydrogen-bond acceptors (Lipinski definition) is 1. The molecule has 1 N–H and O–H groups in total. The fourth-order valence-corrected chi connectivity index (χ4v) is 4.64. The second-order valence-corrected chi connectivity index (χ2v) is 7.65. The van der Waals surface area contributed by atoms with E-state index in [-0.39, 0.29) is 0 Å². The molecule has 2 aliphatic rings. The van der Waals surface area contributed by atoms with Gasteiger partial charge in [0.15, 0.2) is 0 Å². The second kappa shape index (κ2) is 6.52. The van der Waals surface area contributed by atoms with Crippen LogP contribution in [-0.4, -0.2) is 13.1 Å². The Kier molecular flexibility index (Phi) is 4.69. The zero-order chi connectivity index (χ0) is 14.8. The van der Waals surface area contributed by atoms with Gasteiger partial charge < -0.3 is 5.32 Å². The van der Waals surface area contributed by atoms with Crippen LogP contribution < -0.4 is 5.32 Å². The van der Waals surface area contributed by atoms with Crippen LogP contribution in [0.25, 0.3) is 0 Å². The summed E-state index contributed by atoms with van der Waals surface area (Å²) in [6.45, 7) is 4.79. The van der Waals surface area contributed by atoms with Crippen LogP contribution in [-0.2, 0) is 6.42 Å². The maximum Gasteiger partial charge on any atom is 0.00982 e. The number of rotatable bonds is 5. The summed E-state index contributed by atoms with van der Waals surface area (Å²) in [7, 11) is 2.17. The third kappa shape index (κ3) is 3.18. The molecule has 1 aromatic carbocycles. The molecular weight excluding hydrogens is 254 g/mol. The van der Waals surface area contributed by atoms with Gasteiger partial charge in [-0.3, -0.25) is 0 Å². The van der Waals surface area contributed by atoms with E-state index in [1.807, 2.05) is 0 Å². The molecule has 0 saturated heterocycles. The summed E-state index contributed by atoms with van der Waals surface area (Å²) < 4.78 is 0. The van der Waals surface area contributed by atoms with E-state index in [4.69, 9.17) is 0 Å². The first-order valence-corrected chi connectivity index (χ1v) is 8.94. The van der Waals surface area contributed by atoms with Gasteiger partial charge in [0.25, 0.3) is 0 Å². The number of nitrogens with one attached hydrogen (secondary N) is 1. The largest absolute Gasteiger partial charge is 0.317 e. The third-order valence-electron chi connectivity index (χ3n) is 6.20. The van der Waals surface area contributed by atoms with E-state index < -0.39 is 0 Å². The first kappa shape index (κ1) is 15.1. The van der Waals surface area contributed by atoms with Crippen LogP contribution in [0.3, 0.4) is 0 Å². The van der Waals surface area contributed by atoms with Crippen LogP contribution in [0.15, 0.2) is 24.3 Å². The Morgan fingerprint density at radius 2 is 1.71 bits per heavy atom. The highest BCUT2D eigenvalue weighted by Gasteiger charge is 2.33. The Bertz CT molecular complexity index is 457. The smallest absolute Gasteiger partial charge is 0.00982 e. The van der Waals surface area contributed by atoms with Gasteiger partial charge >= 0.3 is 0 Å². The van der Waals surface area contributed by atoms with E-state index >= 15 is 0 Å². The molecule has 0 spiro atoms. The molecule has 116 valence electrons. The second-order valence-electron chi connectivity index (χ2n) is 7.65. The minimum Gasteiger partial charge on any atom is -0.317 e. The van der Waals surface area contributed by atoms with Gasteiger partial charge in [0.1, 0.15) is 0 Å². The molecule has 21 heavy (non-hydrogen) atoms. The Morgan fingerprint density at radius 1 is 1.05 bits per heavy atom. The molecule has 3 rings (SSSR count). The van der Waals surface area contributed by atoms with Crippen molar-refractivity contribution in [2.75, 3.05) is 7.05 Å². The molecule has 2 unspecified atom stereocenters. The van der Waals surface area contributed by atoms with Gasteiger partial charge in [0.2, 0.25) is 0 Å². The molecule has 1 aromatic rings. The van der Waals surface area contributed by atoms with E-state index in [9.17, 15) is 0 Å². The predicted octanol–water partition coefficient (Wildman–Crippen LogP) is 4.77. The minimum absolute atomic E-state index is 0.719. The van der Waals surface area contributed by atoms with Crippen molar-refractivity contribution >= 4 is 0 Å². The molecule has 0 bridgehead atoms. The highest BCUT2D eigenvalue weighted by atomic mass is 14.9. The summed E-state index contributed by atoms with van der Waals surface area (Å²) in [5, 5.41) is 3.65. The van der Waals surface area contributed by atoms with Gasteiger partial charge in [-0.05, 0) is 80.4 Å². The SMILES string of the molecule is CNC(CC1Cc2ccccc21)C1CCC(C(C)C)CC1. The van der Waals surface area contributed by atoms with Gasteiger partial charge in [-0.1, -0.05) is 38.1 Å². The summed E-state index contributed by atoms with van der Waals surface area (Å²) in [6, 6.07) is 9.74. The third-order valence-corrected chi connectivity index (χ3v) is 6.20. The number of benzene rings is 1. The molecule has 1 heteroatoms. The monoisotopic (exact) mass is 285 g/mol. The highest BCUT2D eigenvalue weighted by molar-refractivity contribution is 5.39. The Morgan fingerprint density at radius 3 is 2.33 bits per heavy atom. The minimum atomic E-state index is 0.719. The lowest BCUT2D eigenvalue weighted by atomic mass is 9.69. The fourth-order valence-electron chi connectivity index (χ4n) is 4.64. The predicted molar refractivity (Wildman–Crippen MR) is 90.6 cm³/mol. The topological polar surface area (TPSA) is 12.0 Å². The molecule has 0 aromatic heterocycles. The molecule has 1 nitrogen and oxygen atoms in total. The van der Waals surface area contributed by atoms with E-state index in [0.717, 1.165) is 29.7 Å². The van der Waals surface area contributed by atoms with Crippen molar-refractivity contribution in [2.45, 2.75) is 64.3 Å². The lowest BCUT2D eigenvalue weighted by Crippen LogP contribution is -2.39. The van der Waals surface area contributed by atoms with Crippen LogP contribution >= 0.6 is 0 Å². The van der Waals surface area contributed by atoms with Crippen molar-refractivity contribution in [3.8, 4) is 0 Å². The van der Waals surface area contributed by atoms with Gasteiger partial charge in [-0.25, -0.2) is 0 Å². The van der Waals surface area contributed by atoms with Gasteiger partial charge in [-0.2, -0.15) is 0 Å². The van der Waals surface area contributed by atoms with E-state index in [0.29, 0.717) is 0 Å². The average molecular weight is 285 g/mol. The van der Waals surface area contributed by atoms with E-state index in [1.54, 1.807) is 11.1 Å². The fraction of sp³-hybridized carbons (Fsp3) is 0.700. The first-order valence-electron chi connectivity index (χ1n) is 8.94. The van der Waals surface area contributed by atoms with Crippen LogP contribution in [0.1, 0.15) is 63.0 Å². The van der Waals surface area contributed by atoms with Crippen LogP contribution in [0.4, 0.5) is 0 Å².